The fraction of sp³-hybridized carbons (Fsp3) is 0.500. The number of fused-ring (bicyclic) bond motifs is 1. The van der Waals surface area contributed by atoms with Crippen LogP contribution in [0.1, 0.15) is 17.5 Å². The molecule has 0 aliphatic carbocycles. The zero-order valence-corrected chi connectivity index (χ0v) is 11.1. The molecule has 1 aromatic rings. The van der Waals surface area contributed by atoms with E-state index in [4.69, 9.17) is 17.2 Å². The lowest BCUT2D eigenvalue weighted by atomic mass is 9.97. The molecule has 1 atom stereocenters. The molecule has 0 saturated carbocycles. The Labute approximate surface area is 113 Å². The number of hydrogen-bond donors (Lipinski definition) is 3. The molecular formula is C14H22N4O. The molecule has 1 heterocycles. The molecule has 0 fully saturated rings. The first-order chi connectivity index (χ1) is 9.15. The second-order valence-corrected chi connectivity index (χ2v) is 5.00. The van der Waals surface area contributed by atoms with Gasteiger partial charge in [0.1, 0.15) is 0 Å². The van der Waals surface area contributed by atoms with Crippen molar-refractivity contribution in [2.24, 2.45) is 17.2 Å². The van der Waals surface area contributed by atoms with E-state index in [0.717, 1.165) is 18.5 Å². The van der Waals surface area contributed by atoms with E-state index in [1.54, 1.807) is 4.90 Å². The molecule has 1 aliphatic heterocycles. The molecule has 5 nitrogen and oxygen atoms in total. The van der Waals surface area contributed by atoms with Crippen molar-refractivity contribution in [1.82, 2.24) is 0 Å². The topological polar surface area (TPSA) is 98.4 Å². The maximum Gasteiger partial charge on any atom is 0.227 e. The third-order valence-corrected chi connectivity index (χ3v) is 3.50. The van der Waals surface area contributed by atoms with Crippen molar-refractivity contribution in [2.75, 3.05) is 24.5 Å². The van der Waals surface area contributed by atoms with Crippen molar-refractivity contribution in [3.05, 3.63) is 29.3 Å². The van der Waals surface area contributed by atoms with Gasteiger partial charge in [0.2, 0.25) is 5.91 Å². The van der Waals surface area contributed by atoms with Gasteiger partial charge in [0.25, 0.3) is 0 Å². The minimum Gasteiger partial charge on any atom is -0.330 e. The summed E-state index contributed by atoms with van der Waals surface area (Å²) in [7, 11) is 0. The SMILES string of the molecule is NCCc1ccc2c(c1)CCC(=O)N2CC(N)CN. The van der Waals surface area contributed by atoms with E-state index in [9.17, 15) is 4.79 Å². The Balaban J connectivity index is 2.26. The average Bonchev–Trinajstić information content (AvgIpc) is 2.42. The fourth-order valence-corrected chi connectivity index (χ4v) is 2.44. The van der Waals surface area contributed by atoms with E-state index in [1.807, 2.05) is 12.1 Å². The predicted molar refractivity (Wildman–Crippen MR) is 76.9 cm³/mol. The highest BCUT2D eigenvalue weighted by molar-refractivity contribution is 5.96. The highest BCUT2D eigenvalue weighted by Gasteiger charge is 2.25. The minimum atomic E-state index is -0.182. The van der Waals surface area contributed by atoms with Crippen LogP contribution in [0.4, 0.5) is 5.69 Å². The summed E-state index contributed by atoms with van der Waals surface area (Å²) in [5.41, 5.74) is 20.4. The smallest absolute Gasteiger partial charge is 0.227 e. The quantitative estimate of drug-likeness (QED) is 0.681. The Bertz CT molecular complexity index is 461. The minimum absolute atomic E-state index is 0.128. The van der Waals surface area contributed by atoms with Crippen molar-refractivity contribution in [3.8, 4) is 0 Å². The lowest BCUT2D eigenvalue weighted by Crippen LogP contribution is -2.46. The number of aryl methyl sites for hydroxylation is 1. The Hall–Kier alpha value is -1.43. The summed E-state index contributed by atoms with van der Waals surface area (Å²) < 4.78 is 0. The summed E-state index contributed by atoms with van der Waals surface area (Å²) in [6, 6.07) is 6.00. The lowest BCUT2D eigenvalue weighted by molar-refractivity contribution is -0.118. The Morgan fingerprint density at radius 3 is 2.74 bits per heavy atom. The average molecular weight is 262 g/mol. The maximum absolute atomic E-state index is 12.0. The fourth-order valence-electron chi connectivity index (χ4n) is 2.44. The zero-order valence-electron chi connectivity index (χ0n) is 11.1. The van der Waals surface area contributed by atoms with Crippen LogP contribution < -0.4 is 22.1 Å². The monoisotopic (exact) mass is 262 g/mol. The van der Waals surface area contributed by atoms with Crippen molar-refractivity contribution in [2.45, 2.75) is 25.3 Å². The molecule has 6 N–H and O–H groups in total. The number of carbonyl (C=O) groups excluding carboxylic acids is 1. The van der Waals surface area contributed by atoms with Crippen LogP contribution in [0.2, 0.25) is 0 Å². The van der Waals surface area contributed by atoms with Crippen LogP contribution in [0.5, 0.6) is 0 Å². The maximum atomic E-state index is 12.0. The number of benzene rings is 1. The van der Waals surface area contributed by atoms with Gasteiger partial charge in [-0.15, -0.1) is 0 Å². The first kappa shape index (κ1) is 14.0. The number of rotatable bonds is 5. The third kappa shape index (κ3) is 3.12. The summed E-state index contributed by atoms with van der Waals surface area (Å²) >= 11 is 0. The number of nitrogens with two attached hydrogens (primary N) is 3. The van der Waals surface area contributed by atoms with Crippen LogP contribution in [-0.2, 0) is 17.6 Å². The molecule has 19 heavy (non-hydrogen) atoms. The summed E-state index contributed by atoms with van der Waals surface area (Å²) in [6.07, 6.45) is 2.20. The Kier molecular flexibility index (Phi) is 4.52. The number of hydrogen-bond acceptors (Lipinski definition) is 4. The van der Waals surface area contributed by atoms with Crippen LogP contribution in [0.15, 0.2) is 18.2 Å². The molecule has 5 heteroatoms. The molecule has 104 valence electrons. The molecule has 1 aromatic carbocycles. The highest BCUT2D eigenvalue weighted by atomic mass is 16.2. The van der Waals surface area contributed by atoms with Gasteiger partial charge in [-0.3, -0.25) is 4.79 Å². The molecule has 1 aliphatic rings. The molecule has 2 rings (SSSR count). The Morgan fingerprint density at radius 1 is 1.26 bits per heavy atom. The van der Waals surface area contributed by atoms with E-state index in [1.165, 1.54) is 11.1 Å². The van der Waals surface area contributed by atoms with E-state index < -0.39 is 0 Å². The zero-order chi connectivity index (χ0) is 13.8. The standard InChI is InChI=1S/C14H22N4O/c15-6-5-10-1-3-13-11(7-10)2-4-14(19)18(13)9-12(17)8-16/h1,3,7,12H,2,4-6,8-9,15-17H2. The summed E-state index contributed by atoms with van der Waals surface area (Å²) in [6.45, 7) is 1.50. The van der Waals surface area contributed by atoms with Gasteiger partial charge in [0.15, 0.2) is 0 Å². The lowest BCUT2D eigenvalue weighted by Gasteiger charge is -2.31. The molecule has 0 spiro atoms. The highest BCUT2D eigenvalue weighted by Crippen LogP contribution is 2.28. The van der Waals surface area contributed by atoms with Gasteiger partial charge in [-0.25, -0.2) is 0 Å². The van der Waals surface area contributed by atoms with Gasteiger partial charge in [-0.1, -0.05) is 12.1 Å². The van der Waals surface area contributed by atoms with Crippen LogP contribution in [0.25, 0.3) is 0 Å². The predicted octanol–water partition coefficient (Wildman–Crippen LogP) is -0.247. The summed E-state index contributed by atoms with van der Waals surface area (Å²) in [5.74, 6) is 0.128. The number of nitrogens with zero attached hydrogens (tertiary/aromatic N) is 1. The van der Waals surface area contributed by atoms with Gasteiger partial charge in [-0.2, -0.15) is 0 Å². The third-order valence-electron chi connectivity index (χ3n) is 3.50. The van der Waals surface area contributed by atoms with Crippen molar-refractivity contribution >= 4 is 11.6 Å². The largest absolute Gasteiger partial charge is 0.330 e. The van der Waals surface area contributed by atoms with Crippen LogP contribution in [0, 0.1) is 0 Å². The van der Waals surface area contributed by atoms with E-state index >= 15 is 0 Å². The number of amides is 1. The Morgan fingerprint density at radius 2 is 2.05 bits per heavy atom. The first-order valence-electron chi connectivity index (χ1n) is 6.73. The van der Waals surface area contributed by atoms with Crippen LogP contribution in [0.3, 0.4) is 0 Å². The molecule has 0 radical (unpaired) electrons. The van der Waals surface area contributed by atoms with Crippen LogP contribution in [-0.4, -0.2) is 31.6 Å². The number of carbonyl (C=O) groups is 1. The second-order valence-electron chi connectivity index (χ2n) is 5.00. The molecular weight excluding hydrogens is 240 g/mol. The summed E-state index contributed by atoms with van der Waals surface area (Å²) in [4.78, 5) is 13.8. The van der Waals surface area contributed by atoms with E-state index in [0.29, 0.717) is 26.1 Å². The second kappa shape index (κ2) is 6.14. The van der Waals surface area contributed by atoms with Gasteiger partial charge in [0.05, 0.1) is 0 Å². The van der Waals surface area contributed by atoms with Crippen molar-refractivity contribution < 1.29 is 4.79 Å². The van der Waals surface area contributed by atoms with Gasteiger partial charge < -0.3 is 22.1 Å². The van der Waals surface area contributed by atoms with Crippen LogP contribution >= 0.6 is 0 Å². The summed E-state index contributed by atoms with van der Waals surface area (Å²) in [5, 5.41) is 0. The van der Waals surface area contributed by atoms with E-state index in [-0.39, 0.29) is 11.9 Å². The van der Waals surface area contributed by atoms with Crippen molar-refractivity contribution in [3.63, 3.8) is 0 Å². The van der Waals surface area contributed by atoms with Gasteiger partial charge in [-0.05, 0) is 36.6 Å². The molecule has 0 aromatic heterocycles. The first-order valence-corrected chi connectivity index (χ1v) is 6.73. The van der Waals surface area contributed by atoms with E-state index in [2.05, 4.69) is 6.07 Å². The van der Waals surface area contributed by atoms with Gasteiger partial charge in [0, 0.05) is 31.2 Å². The molecule has 1 amide bonds. The molecule has 1 unspecified atom stereocenters. The van der Waals surface area contributed by atoms with Crippen molar-refractivity contribution in [1.29, 1.82) is 0 Å². The normalized spacial score (nSPS) is 16.4. The van der Waals surface area contributed by atoms with Gasteiger partial charge >= 0.3 is 0 Å². The molecule has 0 bridgehead atoms. The number of anilines is 1. The molecule has 0 saturated heterocycles.